The lowest BCUT2D eigenvalue weighted by Gasteiger charge is -2.32. The van der Waals surface area contributed by atoms with E-state index in [4.69, 9.17) is 5.73 Å². The molecule has 0 saturated carbocycles. The van der Waals surface area contributed by atoms with E-state index in [9.17, 15) is 4.39 Å². The Balaban J connectivity index is 2.93. The first-order chi connectivity index (χ1) is 9.03. The minimum Gasteiger partial charge on any atom is -0.329 e. The largest absolute Gasteiger partial charge is 0.329 e. The standard InChI is InChI=1S/C16H27FN2/c1-5-12(3)11-19(6-2)16(10-18)14-8-7-13(4)15(17)9-14/h7-9,12,16H,5-6,10-11,18H2,1-4H3. The highest BCUT2D eigenvalue weighted by Crippen LogP contribution is 2.23. The van der Waals surface area contributed by atoms with Gasteiger partial charge in [0, 0.05) is 19.1 Å². The molecule has 0 spiro atoms. The maximum Gasteiger partial charge on any atom is 0.126 e. The number of aryl methyl sites for hydroxylation is 1. The summed E-state index contributed by atoms with van der Waals surface area (Å²) in [5.41, 5.74) is 7.59. The Bertz CT molecular complexity index is 392. The van der Waals surface area contributed by atoms with E-state index >= 15 is 0 Å². The number of nitrogens with zero attached hydrogens (tertiary/aromatic N) is 1. The predicted molar refractivity (Wildman–Crippen MR) is 79.6 cm³/mol. The number of halogens is 1. The van der Waals surface area contributed by atoms with E-state index in [-0.39, 0.29) is 11.9 Å². The van der Waals surface area contributed by atoms with Crippen molar-refractivity contribution in [1.29, 1.82) is 0 Å². The van der Waals surface area contributed by atoms with Gasteiger partial charge in [0.15, 0.2) is 0 Å². The maximum atomic E-state index is 13.7. The van der Waals surface area contributed by atoms with Crippen molar-refractivity contribution in [2.75, 3.05) is 19.6 Å². The molecule has 2 nitrogen and oxygen atoms in total. The lowest BCUT2D eigenvalue weighted by atomic mass is 10.0. The monoisotopic (exact) mass is 266 g/mol. The molecule has 2 unspecified atom stereocenters. The third-order valence-electron chi connectivity index (χ3n) is 3.89. The van der Waals surface area contributed by atoms with Crippen LogP contribution < -0.4 is 5.73 Å². The van der Waals surface area contributed by atoms with Crippen LogP contribution in [0.1, 0.15) is 44.4 Å². The molecule has 0 amide bonds. The van der Waals surface area contributed by atoms with Gasteiger partial charge in [0.1, 0.15) is 5.82 Å². The fourth-order valence-corrected chi connectivity index (χ4v) is 2.32. The third kappa shape index (κ3) is 4.29. The molecule has 0 aromatic heterocycles. The number of rotatable bonds is 7. The highest BCUT2D eigenvalue weighted by atomic mass is 19.1. The lowest BCUT2D eigenvalue weighted by Crippen LogP contribution is -2.36. The fourth-order valence-electron chi connectivity index (χ4n) is 2.32. The van der Waals surface area contributed by atoms with Gasteiger partial charge in [0.25, 0.3) is 0 Å². The molecule has 1 rings (SSSR count). The summed E-state index contributed by atoms with van der Waals surface area (Å²) in [7, 11) is 0. The van der Waals surface area contributed by atoms with Crippen LogP contribution in [-0.2, 0) is 0 Å². The van der Waals surface area contributed by atoms with Crippen molar-refractivity contribution in [3.8, 4) is 0 Å². The zero-order chi connectivity index (χ0) is 14.4. The second-order valence-electron chi connectivity index (χ2n) is 5.36. The fraction of sp³-hybridized carbons (Fsp3) is 0.625. The summed E-state index contributed by atoms with van der Waals surface area (Å²) in [6, 6.07) is 5.57. The van der Waals surface area contributed by atoms with Crippen molar-refractivity contribution in [3.63, 3.8) is 0 Å². The molecule has 0 bridgehead atoms. The molecule has 108 valence electrons. The summed E-state index contributed by atoms with van der Waals surface area (Å²) in [6.07, 6.45) is 1.15. The Morgan fingerprint density at radius 1 is 1.32 bits per heavy atom. The van der Waals surface area contributed by atoms with E-state index in [1.807, 2.05) is 12.1 Å². The molecular weight excluding hydrogens is 239 g/mol. The zero-order valence-electron chi connectivity index (χ0n) is 12.6. The summed E-state index contributed by atoms with van der Waals surface area (Å²) in [5, 5.41) is 0. The molecule has 2 N–H and O–H groups in total. The Morgan fingerprint density at radius 3 is 2.47 bits per heavy atom. The summed E-state index contributed by atoms with van der Waals surface area (Å²) in [5.74, 6) is 0.486. The molecule has 2 atom stereocenters. The zero-order valence-corrected chi connectivity index (χ0v) is 12.6. The number of hydrogen-bond acceptors (Lipinski definition) is 2. The van der Waals surface area contributed by atoms with Crippen LogP contribution in [0.4, 0.5) is 4.39 Å². The average molecular weight is 266 g/mol. The third-order valence-corrected chi connectivity index (χ3v) is 3.89. The Hall–Kier alpha value is -0.930. The minimum atomic E-state index is -0.143. The topological polar surface area (TPSA) is 29.3 Å². The summed E-state index contributed by atoms with van der Waals surface area (Å²) in [4.78, 5) is 2.35. The maximum absolute atomic E-state index is 13.7. The minimum absolute atomic E-state index is 0.106. The van der Waals surface area contributed by atoms with Crippen molar-refractivity contribution >= 4 is 0 Å². The molecule has 0 aliphatic heterocycles. The van der Waals surface area contributed by atoms with Crippen molar-refractivity contribution in [2.24, 2.45) is 11.7 Å². The average Bonchev–Trinajstić information content (AvgIpc) is 2.41. The molecule has 1 aromatic carbocycles. The molecule has 19 heavy (non-hydrogen) atoms. The van der Waals surface area contributed by atoms with E-state index in [0.29, 0.717) is 18.0 Å². The van der Waals surface area contributed by atoms with Gasteiger partial charge in [-0.1, -0.05) is 39.3 Å². The van der Waals surface area contributed by atoms with E-state index in [1.165, 1.54) is 0 Å². The highest BCUT2D eigenvalue weighted by molar-refractivity contribution is 5.26. The molecular formula is C16H27FN2. The van der Waals surface area contributed by atoms with E-state index in [0.717, 1.165) is 25.1 Å². The number of likely N-dealkylation sites (N-methyl/N-ethyl adjacent to an activating group) is 1. The molecule has 1 aromatic rings. The van der Waals surface area contributed by atoms with Crippen molar-refractivity contribution in [2.45, 2.75) is 40.2 Å². The molecule has 3 heteroatoms. The van der Waals surface area contributed by atoms with E-state index < -0.39 is 0 Å². The van der Waals surface area contributed by atoms with Crippen molar-refractivity contribution in [3.05, 3.63) is 35.1 Å². The summed E-state index contributed by atoms with van der Waals surface area (Å²) >= 11 is 0. The summed E-state index contributed by atoms with van der Waals surface area (Å²) < 4.78 is 13.7. The summed E-state index contributed by atoms with van der Waals surface area (Å²) in [6.45, 7) is 10.8. The molecule has 0 fully saturated rings. The van der Waals surface area contributed by atoms with Gasteiger partial charge < -0.3 is 5.73 Å². The molecule has 0 aliphatic rings. The number of hydrogen-bond donors (Lipinski definition) is 1. The van der Waals surface area contributed by atoms with Gasteiger partial charge >= 0.3 is 0 Å². The highest BCUT2D eigenvalue weighted by Gasteiger charge is 2.19. The molecule has 0 aliphatic carbocycles. The number of benzene rings is 1. The first kappa shape index (κ1) is 16.1. The van der Waals surface area contributed by atoms with Gasteiger partial charge in [-0.25, -0.2) is 4.39 Å². The van der Waals surface area contributed by atoms with Gasteiger partial charge in [-0.3, -0.25) is 4.90 Å². The second-order valence-corrected chi connectivity index (χ2v) is 5.36. The Kier molecular flexibility index (Phi) is 6.46. The van der Waals surface area contributed by atoms with Crippen LogP contribution in [0.2, 0.25) is 0 Å². The normalized spacial score (nSPS) is 14.7. The second kappa shape index (κ2) is 7.61. The van der Waals surface area contributed by atoms with Gasteiger partial charge in [0.2, 0.25) is 0 Å². The molecule has 0 radical (unpaired) electrons. The van der Waals surface area contributed by atoms with Crippen LogP contribution >= 0.6 is 0 Å². The SMILES string of the molecule is CCC(C)CN(CC)C(CN)c1ccc(C)c(F)c1. The van der Waals surface area contributed by atoms with Gasteiger partial charge in [0.05, 0.1) is 0 Å². The first-order valence-electron chi connectivity index (χ1n) is 7.23. The van der Waals surface area contributed by atoms with E-state index in [1.54, 1.807) is 13.0 Å². The van der Waals surface area contributed by atoms with Crippen LogP contribution in [0.5, 0.6) is 0 Å². The van der Waals surface area contributed by atoms with Crippen LogP contribution in [0.25, 0.3) is 0 Å². The van der Waals surface area contributed by atoms with Crippen molar-refractivity contribution < 1.29 is 4.39 Å². The number of nitrogens with two attached hydrogens (primary N) is 1. The predicted octanol–water partition coefficient (Wildman–Crippen LogP) is 3.50. The Morgan fingerprint density at radius 2 is 2.00 bits per heavy atom. The first-order valence-corrected chi connectivity index (χ1v) is 7.23. The Labute approximate surface area is 116 Å². The van der Waals surface area contributed by atoms with Crippen LogP contribution in [0.15, 0.2) is 18.2 Å². The molecule has 0 heterocycles. The van der Waals surface area contributed by atoms with Gasteiger partial charge in [-0.15, -0.1) is 0 Å². The quantitative estimate of drug-likeness (QED) is 0.818. The van der Waals surface area contributed by atoms with Crippen molar-refractivity contribution in [1.82, 2.24) is 4.90 Å². The molecule has 0 saturated heterocycles. The smallest absolute Gasteiger partial charge is 0.126 e. The lowest BCUT2D eigenvalue weighted by molar-refractivity contribution is 0.182. The van der Waals surface area contributed by atoms with Gasteiger partial charge in [-0.2, -0.15) is 0 Å². The van der Waals surface area contributed by atoms with Gasteiger partial charge in [-0.05, 0) is 36.6 Å². The van der Waals surface area contributed by atoms with E-state index in [2.05, 4.69) is 25.7 Å². The van der Waals surface area contributed by atoms with Crippen LogP contribution in [-0.4, -0.2) is 24.5 Å². The van der Waals surface area contributed by atoms with Crippen LogP contribution in [0.3, 0.4) is 0 Å². The van der Waals surface area contributed by atoms with Crippen LogP contribution in [0, 0.1) is 18.7 Å².